The lowest BCUT2D eigenvalue weighted by Gasteiger charge is -2.30. The highest BCUT2D eigenvalue weighted by Crippen LogP contribution is 2.52. The third-order valence-corrected chi connectivity index (χ3v) is 9.57. The zero-order chi connectivity index (χ0) is 30.5. The molecule has 0 aromatic heterocycles. The topological polar surface area (TPSA) is 3.24 Å². The first-order valence-electron chi connectivity index (χ1n) is 15.8. The quantitative estimate of drug-likeness (QED) is 0.197. The molecule has 0 amide bonds. The molecule has 0 saturated heterocycles. The van der Waals surface area contributed by atoms with Gasteiger partial charge >= 0.3 is 0 Å². The number of hydrogen-bond acceptors (Lipinski definition) is 1. The summed E-state index contributed by atoms with van der Waals surface area (Å²) in [6.45, 7) is 6.97. The number of hydrogen-bond donors (Lipinski definition) is 0. The van der Waals surface area contributed by atoms with Gasteiger partial charge in [-0.2, -0.15) is 0 Å². The number of para-hydroxylation sites is 1. The maximum absolute atomic E-state index is 2.45. The van der Waals surface area contributed by atoms with Crippen LogP contribution in [-0.2, 0) is 5.41 Å². The Labute approximate surface area is 266 Å². The van der Waals surface area contributed by atoms with Gasteiger partial charge in [0.1, 0.15) is 0 Å². The van der Waals surface area contributed by atoms with Crippen molar-refractivity contribution in [3.63, 3.8) is 0 Å². The molecule has 7 aromatic carbocycles. The summed E-state index contributed by atoms with van der Waals surface area (Å²) in [6.07, 6.45) is 0. The number of aryl methyl sites for hydroxylation is 1. The second-order valence-electron chi connectivity index (χ2n) is 12.7. The van der Waals surface area contributed by atoms with Crippen LogP contribution in [0.3, 0.4) is 0 Å². The molecule has 0 heterocycles. The Bertz CT molecular complexity index is 2190. The highest BCUT2D eigenvalue weighted by atomic mass is 15.1. The normalized spacial score (nSPS) is 13.0. The van der Waals surface area contributed by atoms with Gasteiger partial charge in [-0.1, -0.05) is 135 Å². The van der Waals surface area contributed by atoms with Gasteiger partial charge in [0.25, 0.3) is 0 Å². The molecule has 0 saturated carbocycles. The zero-order valence-electron chi connectivity index (χ0n) is 26.0. The van der Waals surface area contributed by atoms with E-state index in [1.165, 1.54) is 60.8 Å². The molecule has 0 spiro atoms. The summed E-state index contributed by atoms with van der Waals surface area (Å²) in [5, 5.41) is 2.45. The molecular formula is C44H35N. The summed E-state index contributed by atoms with van der Waals surface area (Å²) in [6, 6.07) is 57.6. The Hall–Kier alpha value is -5.40. The average molecular weight is 578 g/mol. The van der Waals surface area contributed by atoms with Crippen molar-refractivity contribution in [3.05, 3.63) is 174 Å². The molecule has 0 N–H and O–H groups in total. The lowest BCUT2D eigenvalue weighted by molar-refractivity contribution is 0.660. The van der Waals surface area contributed by atoms with Gasteiger partial charge in [0.05, 0.1) is 5.69 Å². The second kappa shape index (κ2) is 10.6. The Morgan fingerprint density at radius 1 is 0.444 bits per heavy atom. The lowest BCUT2D eigenvalue weighted by Crippen LogP contribution is -2.17. The van der Waals surface area contributed by atoms with Crippen LogP contribution in [0.2, 0.25) is 0 Å². The van der Waals surface area contributed by atoms with Gasteiger partial charge in [0.2, 0.25) is 0 Å². The molecule has 8 rings (SSSR count). The molecule has 216 valence electrons. The van der Waals surface area contributed by atoms with E-state index in [1.54, 1.807) is 0 Å². The van der Waals surface area contributed by atoms with Gasteiger partial charge < -0.3 is 4.90 Å². The van der Waals surface area contributed by atoms with Crippen LogP contribution in [0.15, 0.2) is 158 Å². The van der Waals surface area contributed by atoms with Crippen molar-refractivity contribution in [2.24, 2.45) is 0 Å². The lowest BCUT2D eigenvalue weighted by atomic mass is 9.82. The van der Waals surface area contributed by atoms with Crippen molar-refractivity contribution in [1.29, 1.82) is 0 Å². The van der Waals surface area contributed by atoms with E-state index in [0.717, 1.165) is 17.1 Å². The summed E-state index contributed by atoms with van der Waals surface area (Å²) < 4.78 is 0. The minimum absolute atomic E-state index is 0.0961. The molecule has 45 heavy (non-hydrogen) atoms. The van der Waals surface area contributed by atoms with E-state index in [9.17, 15) is 0 Å². The Morgan fingerprint density at radius 2 is 1.09 bits per heavy atom. The molecule has 1 nitrogen and oxygen atoms in total. The van der Waals surface area contributed by atoms with Crippen LogP contribution in [0, 0.1) is 6.92 Å². The summed E-state index contributed by atoms with van der Waals surface area (Å²) in [5.74, 6) is 0. The van der Waals surface area contributed by atoms with E-state index >= 15 is 0 Å². The maximum atomic E-state index is 2.45. The molecule has 0 atom stereocenters. The molecule has 1 aliphatic carbocycles. The van der Waals surface area contributed by atoms with E-state index in [0.29, 0.717) is 0 Å². The standard InChI is InChI=1S/C44H35N/c1-30-15-14-24-40-43(30)38-26-25-35(29-41(38)44(40,2)3)45(34-20-8-5-9-21-34)42-28-33-19-11-10-18-32(33)27-39(42)37-23-13-12-22-36(37)31-16-6-4-7-17-31/h4-29H,1-3H3. The number of fused-ring (bicyclic) bond motifs is 4. The van der Waals surface area contributed by atoms with Crippen LogP contribution in [-0.4, -0.2) is 0 Å². The SMILES string of the molecule is Cc1cccc2c1-c1ccc(N(c3ccccc3)c3cc4ccccc4cc3-c3ccccc3-c3ccccc3)cc1C2(C)C. The molecule has 7 aromatic rings. The fraction of sp³-hybridized carbons (Fsp3) is 0.0909. The van der Waals surface area contributed by atoms with Crippen LogP contribution in [0.4, 0.5) is 17.1 Å². The first kappa shape index (κ1) is 27.2. The minimum atomic E-state index is -0.0961. The Kier molecular flexibility index (Phi) is 6.43. The molecule has 1 heteroatoms. The molecule has 1 aliphatic rings. The number of rotatable bonds is 5. The van der Waals surface area contributed by atoms with Gasteiger partial charge in [-0.3, -0.25) is 0 Å². The summed E-state index contributed by atoms with van der Waals surface area (Å²) in [7, 11) is 0. The van der Waals surface area contributed by atoms with Crippen molar-refractivity contribution >= 4 is 27.8 Å². The Balaban J connectivity index is 1.41. The molecule has 0 bridgehead atoms. The molecule has 0 unspecified atom stereocenters. The van der Waals surface area contributed by atoms with E-state index in [-0.39, 0.29) is 5.41 Å². The van der Waals surface area contributed by atoms with E-state index in [4.69, 9.17) is 0 Å². The predicted octanol–water partition coefficient (Wildman–Crippen LogP) is 12.3. The van der Waals surface area contributed by atoms with Crippen molar-refractivity contribution in [3.8, 4) is 33.4 Å². The molecule has 0 radical (unpaired) electrons. The third kappa shape index (κ3) is 4.47. The molecular weight excluding hydrogens is 542 g/mol. The van der Waals surface area contributed by atoms with E-state index in [1.807, 2.05) is 0 Å². The fourth-order valence-electron chi connectivity index (χ4n) is 7.32. The van der Waals surface area contributed by atoms with Gasteiger partial charge in [0, 0.05) is 22.4 Å². The zero-order valence-corrected chi connectivity index (χ0v) is 26.0. The van der Waals surface area contributed by atoms with Crippen molar-refractivity contribution < 1.29 is 0 Å². The van der Waals surface area contributed by atoms with Crippen LogP contribution < -0.4 is 4.90 Å². The van der Waals surface area contributed by atoms with Crippen molar-refractivity contribution in [2.75, 3.05) is 4.90 Å². The summed E-state index contributed by atoms with van der Waals surface area (Å²) >= 11 is 0. The average Bonchev–Trinajstić information content (AvgIpc) is 3.32. The Morgan fingerprint density at radius 3 is 1.84 bits per heavy atom. The van der Waals surface area contributed by atoms with Crippen LogP contribution >= 0.6 is 0 Å². The smallest absolute Gasteiger partial charge is 0.0546 e. The molecule has 0 aliphatic heterocycles. The van der Waals surface area contributed by atoms with Crippen molar-refractivity contribution in [1.82, 2.24) is 0 Å². The highest BCUT2D eigenvalue weighted by molar-refractivity contribution is 6.01. The molecule has 0 fully saturated rings. The number of benzene rings is 7. The first-order chi connectivity index (χ1) is 22.0. The van der Waals surface area contributed by atoms with Gasteiger partial charge in [-0.15, -0.1) is 0 Å². The maximum Gasteiger partial charge on any atom is 0.0546 e. The summed E-state index contributed by atoms with van der Waals surface area (Å²) in [5.41, 5.74) is 15.1. The number of anilines is 3. The van der Waals surface area contributed by atoms with Crippen LogP contribution in [0.25, 0.3) is 44.2 Å². The third-order valence-electron chi connectivity index (χ3n) is 9.57. The predicted molar refractivity (Wildman–Crippen MR) is 192 cm³/mol. The van der Waals surface area contributed by atoms with Gasteiger partial charge in [-0.25, -0.2) is 0 Å². The van der Waals surface area contributed by atoms with Crippen LogP contribution in [0.1, 0.15) is 30.5 Å². The van der Waals surface area contributed by atoms with Crippen molar-refractivity contribution in [2.45, 2.75) is 26.2 Å². The van der Waals surface area contributed by atoms with E-state index < -0.39 is 0 Å². The van der Waals surface area contributed by atoms with Gasteiger partial charge in [0.15, 0.2) is 0 Å². The second-order valence-corrected chi connectivity index (χ2v) is 12.7. The first-order valence-corrected chi connectivity index (χ1v) is 15.8. The minimum Gasteiger partial charge on any atom is -0.310 e. The summed E-state index contributed by atoms with van der Waals surface area (Å²) in [4.78, 5) is 2.45. The van der Waals surface area contributed by atoms with Crippen LogP contribution in [0.5, 0.6) is 0 Å². The fourth-order valence-corrected chi connectivity index (χ4v) is 7.32. The largest absolute Gasteiger partial charge is 0.310 e. The number of nitrogens with zero attached hydrogens (tertiary/aromatic N) is 1. The monoisotopic (exact) mass is 577 g/mol. The van der Waals surface area contributed by atoms with Gasteiger partial charge in [-0.05, 0) is 98.6 Å². The van der Waals surface area contributed by atoms with E-state index in [2.05, 4.69) is 183 Å². The highest BCUT2D eigenvalue weighted by Gasteiger charge is 2.36.